The lowest BCUT2D eigenvalue weighted by atomic mass is 10.0. The van der Waals surface area contributed by atoms with E-state index in [9.17, 15) is 5.26 Å². The van der Waals surface area contributed by atoms with E-state index in [1.807, 2.05) is 28.8 Å². The molecule has 0 spiro atoms. The molecule has 0 atom stereocenters. The first kappa shape index (κ1) is 27.6. The van der Waals surface area contributed by atoms with Crippen LogP contribution in [0.3, 0.4) is 0 Å². The molecular weight excluding hydrogens is 570 g/mol. The van der Waals surface area contributed by atoms with Crippen LogP contribution in [0.4, 0.5) is 11.6 Å². The van der Waals surface area contributed by atoms with Gasteiger partial charge in [0.25, 0.3) is 5.89 Å². The second-order valence-electron chi connectivity index (χ2n) is 10.5. The summed E-state index contributed by atoms with van der Waals surface area (Å²) in [4.78, 5) is 24.5. The average molecular weight is 596 g/mol. The van der Waals surface area contributed by atoms with Crippen LogP contribution in [0.5, 0.6) is 0 Å². The lowest BCUT2D eigenvalue weighted by Gasteiger charge is -2.32. The van der Waals surface area contributed by atoms with Crippen LogP contribution in [-0.4, -0.2) is 63.7 Å². The third-order valence-electron chi connectivity index (χ3n) is 7.69. The van der Waals surface area contributed by atoms with Gasteiger partial charge in [-0.25, -0.2) is 24.9 Å². The van der Waals surface area contributed by atoms with Gasteiger partial charge in [-0.05, 0) is 54.8 Å². The molecule has 0 amide bonds. The zero-order valence-corrected chi connectivity index (χ0v) is 23.9. The number of hydrogen-bond acceptors (Lipinski definition) is 13. The lowest BCUT2D eigenvalue weighted by molar-refractivity contribution is 0.211. The Balaban J connectivity index is 1.15. The molecule has 220 valence electrons. The molecular formula is C31H25N13O. The molecule has 45 heavy (non-hydrogen) atoms. The van der Waals surface area contributed by atoms with Crippen molar-refractivity contribution in [3.63, 3.8) is 0 Å². The number of benzene rings is 1. The average Bonchev–Trinajstić information content (AvgIpc) is 3.74. The van der Waals surface area contributed by atoms with Crippen LogP contribution in [0.15, 0.2) is 71.7 Å². The summed E-state index contributed by atoms with van der Waals surface area (Å²) in [6, 6.07) is 19.7. The third-order valence-corrected chi connectivity index (χ3v) is 7.69. The van der Waals surface area contributed by atoms with Crippen molar-refractivity contribution in [1.29, 1.82) is 10.5 Å². The Bertz CT molecular complexity index is 2070. The molecule has 0 bridgehead atoms. The van der Waals surface area contributed by atoms with E-state index >= 15 is 0 Å². The Kier molecular flexibility index (Phi) is 7.23. The molecule has 0 aliphatic carbocycles. The highest BCUT2D eigenvalue weighted by Gasteiger charge is 2.23. The molecule has 0 unspecified atom stereocenters. The predicted molar refractivity (Wildman–Crippen MR) is 163 cm³/mol. The van der Waals surface area contributed by atoms with Gasteiger partial charge < -0.3 is 15.5 Å². The molecule has 0 radical (unpaired) electrons. The topological polar surface area (TPSA) is 197 Å². The summed E-state index contributed by atoms with van der Waals surface area (Å²) in [5.41, 5.74) is 10.5. The van der Waals surface area contributed by atoms with Crippen LogP contribution in [0.2, 0.25) is 0 Å². The molecule has 1 saturated heterocycles. The quantitative estimate of drug-likeness (QED) is 0.271. The first-order valence-corrected chi connectivity index (χ1v) is 14.2. The minimum absolute atomic E-state index is 0.141. The Morgan fingerprint density at radius 2 is 1.82 bits per heavy atom. The smallest absolute Gasteiger partial charge is 0.267 e. The fourth-order valence-electron chi connectivity index (χ4n) is 5.51. The predicted octanol–water partition coefficient (Wildman–Crippen LogP) is 3.72. The summed E-state index contributed by atoms with van der Waals surface area (Å²) >= 11 is 0. The fourth-order valence-corrected chi connectivity index (χ4v) is 5.51. The van der Waals surface area contributed by atoms with Gasteiger partial charge in [-0.15, -0.1) is 10.2 Å². The molecule has 14 nitrogen and oxygen atoms in total. The van der Waals surface area contributed by atoms with Gasteiger partial charge in [-0.1, -0.05) is 12.1 Å². The number of nitrogen functional groups attached to an aromatic ring is 1. The minimum Gasteiger partial charge on any atom is -0.422 e. The number of piperidine rings is 1. The number of nitrogens with one attached hydrogen (secondary N) is 1. The van der Waals surface area contributed by atoms with E-state index in [0.29, 0.717) is 34.2 Å². The maximum Gasteiger partial charge on any atom is 0.267 e. The Morgan fingerprint density at radius 3 is 2.56 bits per heavy atom. The maximum atomic E-state index is 9.83. The Labute approximate surface area is 256 Å². The summed E-state index contributed by atoms with van der Waals surface area (Å²) in [7, 11) is 0. The van der Waals surface area contributed by atoms with Crippen molar-refractivity contribution >= 4 is 22.8 Å². The van der Waals surface area contributed by atoms with Crippen molar-refractivity contribution < 1.29 is 4.42 Å². The number of rotatable bonds is 7. The van der Waals surface area contributed by atoms with Crippen LogP contribution in [0.1, 0.15) is 29.8 Å². The summed E-state index contributed by atoms with van der Waals surface area (Å²) in [5.74, 6) is 1.85. The van der Waals surface area contributed by atoms with Gasteiger partial charge >= 0.3 is 0 Å². The van der Waals surface area contributed by atoms with E-state index in [-0.39, 0.29) is 29.0 Å². The van der Waals surface area contributed by atoms with E-state index in [1.54, 1.807) is 30.6 Å². The maximum absolute atomic E-state index is 9.83. The number of likely N-dealkylation sites (tertiary alicyclic amines) is 1. The molecule has 1 aliphatic rings. The normalized spacial score (nSPS) is 13.8. The van der Waals surface area contributed by atoms with E-state index in [1.165, 1.54) is 6.39 Å². The van der Waals surface area contributed by atoms with E-state index in [4.69, 9.17) is 25.4 Å². The molecule has 5 aromatic heterocycles. The summed E-state index contributed by atoms with van der Waals surface area (Å²) in [6.07, 6.45) is 6.34. The second kappa shape index (κ2) is 11.8. The number of nitrogens with zero attached hydrogens (tertiary/aromatic N) is 11. The lowest BCUT2D eigenvalue weighted by Crippen LogP contribution is -2.38. The monoisotopic (exact) mass is 595 g/mol. The van der Waals surface area contributed by atoms with Crippen molar-refractivity contribution in [2.45, 2.75) is 25.4 Å². The number of anilines is 2. The number of pyridine rings is 2. The van der Waals surface area contributed by atoms with Crippen LogP contribution >= 0.6 is 0 Å². The number of hydrogen-bond donors (Lipinski definition) is 2. The summed E-state index contributed by atoms with van der Waals surface area (Å²) in [6.45, 7) is 2.66. The highest BCUT2D eigenvalue weighted by atomic mass is 16.4. The van der Waals surface area contributed by atoms with Gasteiger partial charge in [-0.3, -0.25) is 9.47 Å². The highest BCUT2D eigenvalue weighted by Crippen LogP contribution is 2.33. The van der Waals surface area contributed by atoms with Crippen molar-refractivity contribution in [3.8, 4) is 40.8 Å². The van der Waals surface area contributed by atoms with E-state index < -0.39 is 0 Å². The SMILES string of the molecule is N#Cc1nccc(NC2CCN(Cc3ccc(-n4c(-c5cccnc5N)nc5cc(C#N)c(-c6nnco6)nc54)cc3)CC2)n1. The molecule has 7 rings (SSSR count). The summed E-state index contributed by atoms with van der Waals surface area (Å²) in [5, 5.41) is 30.0. The van der Waals surface area contributed by atoms with Crippen LogP contribution in [0, 0.1) is 22.7 Å². The van der Waals surface area contributed by atoms with Gasteiger partial charge in [0.1, 0.15) is 35.0 Å². The van der Waals surface area contributed by atoms with Crippen LogP contribution in [0.25, 0.3) is 39.8 Å². The highest BCUT2D eigenvalue weighted by molar-refractivity contribution is 5.85. The summed E-state index contributed by atoms with van der Waals surface area (Å²) < 4.78 is 7.28. The first-order valence-electron chi connectivity index (χ1n) is 14.2. The molecule has 1 fully saturated rings. The van der Waals surface area contributed by atoms with Crippen LogP contribution in [-0.2, 0) is 6.54 Å². The van der Waals surface area contributed by atoms with Gasteiger partial charge in [0.2, 0.25) is 12.2 Å². The molecule has 3 N–H and O–H groups in total. The number of aromatic nitrogens is 8. The standard InChI is InChI=1S/C31H25N13O/c32-15-20-14-24-30(41-27(20)31-42-37-18-45-31)44(29(39-24)23-2-1-10-36-28(23)34)22-5-3-19(4-6-22)17-43-12-8-21(9-13-43)38-25-7-11-35-26(16-33)40-25/h1-7,10-11,14,18,21H,8-9,12-13,17H2,(H2,34,36)(H,35,38,40). The third kappa shape index (κ3) is 5.49. The molecule has 6 aromatic rings. The van der Waals surface area contributed by atoms with Gasteiger partial charge in [-0.2, -0.15) is 10.5 Å². The molecule has 1 aromatic carbocycles. The first-order chi connectivity index (χ1) is 22.1. The second-order valence-corrected chi connectivity index (χ2v) is 10.5. The number of nitriles is 2. The Morgan fingerprint density at radius 1 is 0.978 bits per heavy atom. The molecule has 0 saturated carbocycles. The zero-order chi connectivity index (χ0) is 30.8. The Hall–Kier alpha value is -6.25. The van der Waals surface area contributed by atoms with Crippen molar-refractivity contribution in [3.05, 3.63) is 84.3 Å². The van der Waals surface area contributed by atoms with Crippen molar-refractivity contribution in [2.24, 2.45) is 0 Å². The van der Waals surface area contributed by atoms with Crippen LogP contribution < -0.4 is 11.1 Å². The molecule has 6 heterocycles. The number of imidazole rings is 1. The fraction of sp³-hybridized carbons (Fsp3) is 0.194. The molecule has 14 heteroatoms. The van der Waals surface area contributed by atoms with Gasteiger partial charge in [0.05, 0.1) is 11.1 Å². The van der Waals surface area contributed by atoms with Gasteiger partial charge in [0.15, 0.2) is 11.5 Å². The zero-order valence-electron chi connectivity index (χ0n) is 23.9. The van der Waals surface area contributed by atoms with Gasteiger partial charge in [0, 0.05) is 43.8 Å². The molecule has 1 aliphatic heterocycles. The van der Waals surface area contributed by atoms with Crippen molar-refractivity contribution in [1.82, 2.24) is 44.6 Å². The van der Waals surface area contributed by atoms with Crippen molar-refractivity contribution in [2.75, 3.05) is 24.1 Å². The number of nitrogens with two attached hydrogens (primary N) is 1. The van der Waals surface area contributed by atoms with E-state index in [0.717, 1.165) is 43.7 Å². The van der Waals surface area contributed by atoms with E-state index in [2.05, 4.69) is 53.6 Å². The number of fused-ring (bicyclic) bond motifs is 1. The minimum atomic E-state index is 0.141. The largest absolute Gasteiger partial charge is 0.422 e.